The van der Waals surface area contributed by atoms with Crippen molar-refractivity contribution in [1.29, 1.82) is 0 Å². The summed E-state index contributed by atoms with van der Waals surface area (Å²) in [5.74, 6) is 0.470. The van der Waals surface area contributed by atoms with Crippen LogP contribution in [0.1, 0.15) is 75.6 Å². The topological polar surface area (TPSA) is 85.2 Å². The van der Waals surface area contributed by atoms with Crippen molar-refractivity contribution >= 4 is 12.0 Å². The van der Waals surface area contributed by atoms with E-state index < -0.39 is 23.8 Å². The van der Waals surface area contributed by atoms with E-state index in [2.05, 4.69) is 13.8 Å². The van der Waals surface area contributed by atoms with E-state index in [-0.39, 0.29) is 31.2 Å². The first-order valence-corrected chi connectivity index (χ1v) is 14.5. The van der Waals surface area contributed by atoms with E-state index in [1.807, 2.05) is 50.3 Å². The predicted octanol–water partition coefficient (Wildman–Crippen LogP) is 6.99. The third kappa shape index (κ3) is 7.58. The smallest absolute Gasteiger partial charge is 0.308 e. The van der Waals surface area contributed by atoms with Gasteiger partial charge in [-0.15, -0.1) is 0 Å². The lowest BCUT2D eigenvalue weighted by atomic mass is 9.83. The van der Waals surface area contributed by atoms with Crippen LogP contribution in [-0.4, -0.2) is 40.6 Å². The molecule has 0 radical (unpaired) electrons. The second kappa shape index (κ2) is 13.5. The Morgan fingerprint density at radius 3 is 2.43 bits per heavy atom. The fraction of sp³-hybridized carbons (Fsp3) is 0.400. The minimum Gasteiger partial charge on any atom is -0.484 e. The van der Waals surface area contributed by atoms with Crippen LogP contribution in [0.15, 0.2) is 60.7 Å². The summed E-state index contributed by atoms with van der Waals surface area (Å²) in [6, 6.07) is 16.1. The molecule has 6 nitrogen and oxygen atoms in total. The van der Waals surface area contributed by atoms with E-state index in [1.54, 1.807) is 25.1 Å². The molecule has 0 aliphatic carbocycles. The molecule has 0 saturated heterocycles. The van der Waals surface area contributed by atoms with Crippen LogP contribution in [0.5, 0.6) is 11.5 Å². The normalized spacial score (nSPS) is 15.4. The Hall–Kier alpha value is -3.68. The van der Waals surface area contributed by atoms with E-state index in [0.29, 0.717) is 24.5 Å². The number of rotatable bonds is 12. The zero-order chi connectivity index (χ0) is 30.4. The van der Waals surface area contributed by atoms with Crippen molar-refractivity contribution in [2.45, 2.75) is 84.2 Å². The molecule has 0 saturated carbocycles. The van der Waals surface area contributed by atoms with E-state index >= 15 is 0 Å². The standard InChI is InChI=1S/C35H41FO6/c1-6-40-30(39)19-27(38)18-26(37)16-17-28-31(22(2)3)29-20-35(4,5)42-33(29)34(41-21-23-10-8-7-9-11-23)32(28)24-12-14-25(36)15-13-24/h7-17,22,26-27,37-38H,6,18-21H2,1-5H3. The number of ether oxygens (including phenoxy) is 3. The largest absolute Gasteiger partial charge is 0.484 e. The van der Waals surface area contributed by atoms with Crippen LogP contribution in [0.2, 0.25) is 0 Å². The summed E-state index contributed by atoms with van der Waals surface area (Å²) in [6.45, 7) is 10.5. The van der Waals surface area contributed by atoms with Crippen molar-refractivity contribution in [3.63, 3.8) is 0 Å². The molecule has 0 bridgehead atoms. The Morgan fingerprint density at radius 1 is 1.10 bits per heavy atom. The van der Waals surface area contributed by atoms with Gasteiger partial charge in [-0.1, -0.05) is 68.5 Å². The minimum absolute atomic E-state index is 0.0311. The van der Waals surface area contributed by atoms with Crippen molar-refractivity contribution in [3.8, 4) is 22.6 Å². The lowest BCUT2D eigenvalue weighted by molar-refractivity contribution is -0.145. The van der Waals surface area contributed by atoms with Crippen molar-refractivity contribution in [2.75, 3.05) is 6.61 Å². The fourth-order valence-corrected chi connectivity index (χ4v) is 5.48. The Kier molecular flexibility index (Phi) is 10.1. The van der Waals surface area contributed by atoms with Gasteiger partial charge in [0.05, 0.1) is 25.2 Å². The van der Waals surface area contributed by atoms with Gasteiger partial charge in [0.1, 0.15) is 18.0 Å². The van der Waals surface area contributed by atoms with E-state index in [4.69, 9.17) is 14.2 Å². The molecule has 7 heteroatoms. The van der Waals surface area contributed by atoms with Gasteiger partial charge in [-0.2, -0.15) is 0 Å². The molecular weight excluding hydrogens is 535 g/mol. The van der Waals surface area contributed by atoms with Crippen LogP contribution >= 0.6 is 0 Å². The Balaban J connectivity index is 1.84. The van der Waals surface area contributed by atoms with Gasteiger partial charge in [-0.3, -0.25) is 4.79 Å². The molecule has 3 aromatic carbocycles. The third-order valence-corrected chi connectivity index (χ3v) is 7.22. The first-order chi connectivity index (χ1) is 20.0. The van der Waals surface area contributed by atoms with Gasteiger partial charge in [-0.25, -0.2) is 4.39 Å². The molecule has 2 N–H and O–H groups in total. The molecule has 0 aromatic heterocycles. The monoisotopic (exact) mass is 576 g/mol. The zero-order valence-electron chi connectivity index (χ0n) is 25.0. The molecule has 224 valence electrons. The molecule has 0 fully saturated rings. The van der Waals surface area contributed by atoms with Crippen LogP contribution in [0.25, 0.3) is 17.2 Å². The van der Waals surface area contributed by atoms with E-state index in [1.165, 1.54) is 12.1 Å². The first kappa shape index (κ1) is 31.3. The van der Waals surface area contributed by atoms with E-state index in [0.717, 1.165) is 33.4 Å². The Bertz CT molecular complexity index is 1400. The van der Waals surface area contributed by atoms with Gasteiger partial charge in [0, 0.05) is 24.0 Å². The van der Waals surface area contributed by atoms with Gasteiger partial charge in [0.25, 0.3) is 0 Å². The zero-order valence-corrected chi connectivity index (χ0v) is 25.0. The quantitative estimate of drug-likeness (QED) is 0.226. The summed E-state index contributed by atoms with van der Waals surface area (Å²) < 4.78 is 32.1. The highest BCUT2D eigenvalue weighted by Gasteiger charge is 2.38. The maximum absolute atomic E-state index is 14.1. The summed E-state index contributed by atoms with van der Waals surface area (Å²) in [4.78, 5) is 11.8. The SMILES string of the molecule is CCOC(=O)CC(O)CC(O)C=Cc1c(-c2ccc(F)cc2)c(OCc2ccccc2)c2c(c1C(C)C)CC(C)(C)O2. The Labute approximate surface area is 247 Å². The number of aliphatic hydroxyl groups is 2. The number of carbonyl (C=O) groups is 1. The second-order valence-electron chi connectivity index (χ2n) is 11.6. The highest BCUT2D eigenvalue weighted by atomic mass is 19.1. The van der Waals surface area contributed by atoms with Crippen LogP contribution in [-0.2, 0) is 22.6 Å². The van der Waals surface area contributed by atoms with Crippen LogP contribution in [0.3, 0.4) is 0 Å². The molecular formula is C35H41FO6. The van der Waals surface area contributed by atoms with Crippen molar-refractivity contribution < 1.29 is 33.6 Å². The summed E-state index contributed by atoms with van der Waals surface area (Å²) in [5, 5.41) is 21.2. The molecule has 2 atom stereocenters. The molecule has 1 heterocycles. The maximum atomic E-state index is 14.1. The van der Waals surface area contributed by atoms with Gasteiger partial charge in [0.2, 0.25) is 0 Å². The predicted molar refractivity (Wildman–Crippen MR) is 162 cm³/mol. The van der Waals surface area contributed by atoms with Gasteiger partial charge in [0.15, 0.2) is 11.5 Å². The molecule has 3 aromatic rings. The van der Waals surface area contributed by atoms with Gasteiger partial charge >= 0.3 is 5.97 Å². The van der Waals surface area contributed by atoms with Crippen LogP contribution in [0.4, 0.5) is 4.39 Å². The minimum atomic E-state index is -1.05. The number of fused-ring (bicyclic) bond motifs is 1. The molecule has 4 rings (SSSR count). The number of esters is 1. The first-order valence-electron chi connectivity index (χ1n) is 14.5. The average Bonchev–Trinajstić information content (AvgIpc) is 3.25. The number of carbonyl (C=O) groups excluding carboxylic acids is 1. The summed E-state index contributed by atoms with van der Waals surface area (Å²) in [5.41, 5.74) is 4.94. The summed E-state index contributed by atoms with van der Waals surface area (Å²) in [6.07, 6.45) is 1.83. The van der Waals surface area contributed by atoms with Crippen LogP contribution in [0, 0.1) is 5.82 Å². The lowest BCUT2D eigenvalue weighted by Gasteiger charge is -2.24. The number of hydrogen-bond donors (Lipinski definition) is 2. The number of hydrogen-bond acceptors (Lipinski definition) is 6. The molecule has 0 spiro atoms. The molecule has 2 unspecified atom stereocenters. The van der Waals surface area contributed by atoms with Crippen LogP contribution < -0.4 is 9.47 Å². The number of halogens is 1. The van der Waals surface area contributed by atoms with Crippen molar-refractivity contribution in [2.24, 2.45) is 0 Å². The summed E-state index contributed by atoms with van der Waals surface area (Å²) >= 11 is 0. The highest BCUT2D eigenvalue weighted by Crippen LogP contribution is 2.53. The highest BCUT2D eigenvalue weighted by molar-refractivity contribution is 5.87. The van der Waals surface area contributed by atoms with Crippen molar-refractivity contribution in [1.82, 2.24) is 0 Å². The molecule has 42 heavy (non-hydrogen) atoms. The third-order valence-electron chi connectivity index (χ3n) is 7.22. The Morgan fingerprint density at radius 2 is 1.79 bits per heavy atom. The average molecular weight is 577 g/mol. The molecule has 1 aliphatic rings. The lowest BCUT2D eigenvalue weighted by Crippen LogP contribution is -2.25. The summed E-state index contributed by atoms with van der Waals surface area (Å²) in [7, 11) is 0. The van der Waals surface area contributed by atoms with E-state index in [9.17, 15) is 19.4 Å². The second-order valence-corrected chi connectivity index (χ2v) is 11.6. The van der Waals surface area contributed by atoms with Gasteiger partial charge in [-0.05, 0) is 61.1 Å². The fourth-order valence-electron chi connectivity index (χ4n) is 5.48. The number of aliphatic hydroxyl groups excluding tert-OH is 2. The maximum Gasteiger partial charge on any atom is 0.308 e. The molecule has 1 aliphatic heterocycles. The van der Waals surface area contributed by atoms with Gasteiger partial charge < -0.3 is 24.4 Å². The van der Waals surface area contributed by atoms with Crippen molar-refractivity contribution in [3.05, 3.63) is 88.7 Å². The number of benzene rings is 3. The molecule has 0 amide bonds.